The standard InChI is InChI=1S/C26H26N4O2/c31-24(17-32-22-13-11-19(12-14-22)18-6-2-1-3-7-18)28-21-9-4-8-20(16-21)25-29-23-10-5-15-27-26(23)30-25/h4-5,8-16,18H,1-3,6-7,17H2,(H,28,31)(H,27,29,30). The average Bonchev–Trinajstić information content (AvgIpc) is 3.28. The molecule has 0 spiro atoms. The van der Waals surface area contributed by atoms with Gasteiger partial charge in [0.25, 0.3) is 5.91 Å². The number of anilines is 1. The van der Waals surface area contributed by atoms with Crippen molar-refractivity contribution in [3.05, 3.63) is 72.4 Å². The molecule has 1 saturated carbocycles. The molecule has 2 aromatic carbocycles. The molecule has 0 radical (unpaired) electrons. The highest BCUT2D eigenvalue weighted by atomic mass is 16.5. The molecule has 0 bridgehead atoms. The summed E-state index contributed by atoms with van der Waals surface area (Å²) in [5, 5.41) is 2.90. The predicted molar refractivity (Wildman–Crippen MR) is 126 cm³/mol. The second-order valence-corrected chi connectivity index (χ2v) is 8.28. The Bertz CT molecular complexity index is 1180. The number of carbonyl (C=O) groups is 1. The minimum absolute atomic E-state index is 0.0401. The van der Waals surface area contributed by atoms with Crippen LogP contribution < -0.4 is 10.1 Å². The fraction of sp³-hybridized carbons (Fsp3) is 0.269. The Morgan fingerprint density at radius 2 is 1.88 bits per heavy atom. The fourth-order valence-electron chi connectivity index (χ4n) is 4.34. The highest BCUT2D eigenvalue weighted by Crippen LogP contribution is 2.33. The molecule has 1 amide bonds. The lowest BCUT2D eigenvalue weighted by Gasteiger charge is -2.22. The van der Waals surface area contributed by atoms with Gasteiger partial charge in [-0.3, -0.25) is 4.79 Å². The van der Waals surface area contributed by atoms with Gasteiger partial charge < -0.3 is 15.0 Å². The maximum Gasteiger partial charge on any atom is 0.262 e. The third-order valence-electron chi connectivity index (χ3n) is 6.00. The Morgan fingerprint density at radius 1 is 1.03 bits per heavy atom. The first kappa shape index (κ1) is 20.2. The molecule has 0 unspecified atom stereocenters. The number of nitrogens with one attached hydrogen (secondary N) is 2. The van der Waals surface area contributed by atoms with E-state index in [4.69, 9.17) is 4.74 Å². The molecule has 0 aliphatic heterocycles. The second kappa shape index (κ2) is 9.22. The van der Waals surface area contributed by atoms with Crippen LogP contribution in [-0.2, 0) is 4.79 Å². The largest absolute Gasteiger partial charge is 0.484 e. The van der Waals surface area contributed by atoms with Gasteiger partial charge in [-0.15, -0.1) is 0 Å². The average molecular weight is 427 g/mol. The number of fused-ring (bicyclic) bond motifs is 1. The van der Waals surface area contributed by atoms with E-state index in [9.17, 15) is 4.79 Å². The molecular weight excluding hydrogens is 400 g/mol. The Balaban J connectivity index is 1.18. The van der Waals surface area contributed by atoms with E-state index in [0.29, 0.717) is 28.8 Å². The van der Waals surface area contributed by atoms with Crippen LogP contribution in [0.5, 0.6) is 5.75 Å². The fourth-order valence-corrected chi connectivity index (χ4v) is 4.34. The van der Waals surface area contributed by atoms with Crippen LogP contribution >= 0.6 is 0 Å². The van der Waals surface area contributed by atoms with E-state index in [1.165, 1.54) is 37.7 Å². The summed E-state index contributed by atoms with van der Waals surface area (Å²) in [7, 11) is 0. The van der Waals surface area contributed by atoms with E-state index < -0.39 is 0 Å². The molecule has 6 nitrogen and oxygen atoms in total. The van der Waals surface area contributed by atoms with Crippen molar-refractivity contribution in [1.29, 1.82) is 0 Å². The number of H-pyrrole nitrogens is 1. The van der Waals surface area contributed by atoms with Crippen LogP contribution in [0.15, 0.2) is 66.9 Å². The number of imidazole rings is 1. The number of hydrogen-bond acceptors (Lipinski definition) is 4. The number of hydrogen-bond donors (Lipinski definition) is 2. The van der Waals surface area contributed by atoms with Crippen LogP contribution in [0.1, 0.15) is 43.6 Å². The van der Waals surface area contributed by atoms with E-state index in [-0.39, 0.29) is 12.5 Å². The van der Waals surface area contributed by atoms with Gasteiger partial charge in [-0.25, -0.2) is 9.97 Å². The molecule has 162 valence electrons. The molecule has 2 aromatic heterocycles. The first-order chi connectivity index (χ1) is 15.7. The van der Waals surface area contributed by atoms with Gasteiger partial charge >= 0.3 is 0 Å². The first-order valence-corrected chi connectivity index (χ1v) is 11.2. The van der Waals surface area contributed by atoms with E-state index in [0.717, 1.165) is 11.1 Å². The maximum atomic E-state index is 12.4. The molecule has 5 rings (SSSR count). The Hall–Kier alpha value is -3.67. The zero-order chi connectivity index (χ0) is 21.8. The number of aromatic nitrogens is 3. The number of nitrogens with zero attached hydrogens (tertiary/aromatic N) is 2. The number of benzene rings is 2. The lowest BCUT2D eigenvalue weighted by molar-refractivity contribution is -0.118. The molecule has 2 heterocycles. The van der Waals surface area contributed by atoms with Gasteiger partial charge in [-0.1, -0.05) is 43.5 Å². The number of aromatic amines is 1. The summed E-state index contributed by atoms with van der Waals surface area (Å²) < 4.78 is 5.70. The lowest BCUT2D eigenvalue weighted by Crippen LogP contribution is -2.20. The monoisotopic (exact) mass is 426 g/mol. The summed E-state index contributed by atoms with van der Waals surface area (Å²) in [5.74, 6) is 1.88. The van der Waals surface area contributed by atoms with Gasteiger partial charge in [0.15, 0.2) is 12.3 Å². The highest BCUT2D eigenvalue weighted by molar-refractivity contribution is 5.92. The normalized spacial score (nSPS) is 14.4. The van der Waals surface area contributed by atoms with E-state index in [2.05, 4.69) is 32.4 Å². The SMILES string of the molecule is O=C(COc1ccc(C2CCCCC2)cc1)Nc1cccc(-c2nc3ncccc3[nH]2)c1. The van der Waals surface area contributed by atoms with Crippen LogP contribution in [0.3, 0.4) is 0 Å². The van der Waals surface area contributed by atoms with Crippen molar-refractivity contribution in [3.63, 3.8) is 0 Å². The molecule has 1 aliphatic rings. The predicted octanol–water partition coefficient (Wildman–Crippen LogP) is 5.69. The number of amides is 1. The minimum Gasteiger partial charge on any atom is -0.484 e. The Kier molecular flexibility index (Phi) is 5.83. The molecular formula is C26H26N4O2. The van der Waals surface area contributed by atoms with Crippen molar-refractivity contribution in [2.75, 3.05) is 11.9 Å². The van der Waals surface area contributed by atoms with Crippen molar-refractivity contribution >= 4 is 22.8 Å². The third-order valence-corrected chi connectivity index (χ3v) is 6.00. The molecule has 2 N–H and O–H groups in total. The van der Waals surface area contributed by atoms with Gasteiger partial charge in [0.05, 0.1) is 5.52 Å². The summed E-state index contributed by atoms with van der Waals surface area (Å²) in [6, 6.07) is 19.6. The van der Waals surface area contributed by atoms with Crippen LogP contribution in [-0.4, -0.2) is 27.5 Å². The third kappa shape index (κ3) is 4.64. The second-order valence-electron chi connectivity index (χ2n) is 8.28. The molecule has 0 atom stereocenters. The zero-order valence-corrected chi connectivity index (χ0v) is 17.9. The molecule has 4 aromatic rings. The first-order valence-electron chi connectivity index (χ1n) is 11.2. The molecule has 32 heavy (non-hydrogen) atoms. The van der Waals surface area contributed by atoms with Gasteiger partial charge in [-0.05, 0) is 60.7 Å². The molecule has 6 heteroatoms. The van der Waals surface area contributed by atoms with Gasteiger partial charge in [0.2, 0.25) is 0 Å². The van der Waals surface area contributed by atoms with Gasteiger partial charge in [-0.2, -0.15) is 0 Å². The van der Waals surface area contributed by atoms with Crippen LogP contribution in [0.25, 0.3) is 22.6 Å². The van der Waals surface area contributed by atoms with Crippen molar-refractivity contribution in [3.8, 4) is 17.1 Å². The molecule has 0 saturated heterocycles. The van der Waals surface area contributed by atoms with Crippen LogP contribution in [0.4, 0.5) is 5.69 Å². The van der Waals surface area contributed by atoms with Gasteiger partial charge in [0, 0.05) is 17.4 Å². The van der Waals surface area contributed by atoms with Crippen LogP contribution in [0, 0.1) is 0 Å². The van der Waals surface area contributed by atoms with Crippen molar-refractivity contribution in [2.24, 2.45) is 0 Å². The summed E-state index contributed by atoms with van der Waals surface area (Å²) >= 11 is 0. The highest BCUT2D eigenvalue weighted by Gasteiger charge is 2.15. The number of ether oxygens (including phenoxy) is 1. The number of pyridine rings is 1. The van der Waals surface area contributed by atoms with Crippen molar-refractivity contribution < 1.29 is 9.53 Å². The minimum atomic E-state index is -0.204. The number of rotatable bonds is 6. The summed E-state index contributed by atoms with van der Waals surface area (Å²) in [4.78, 5) is 24.4. The Labute approximate surface area is 187 Å². The lowest BCUT2D eigenvalue weighted by atomic mass is 9.84. The summed E-state index contributed by atoms with van der Waals surface area (Å²) in [5.41, 5.74) is 4.48. The molecule has 1 fully saturated rings. The van der Waals surface area contributed by atoms with Crippen molar-refractivity contribution in [1.82, 2.24) is 15.0 Å². The van der Waals surface area contributed by atoms with E-state index in [1.807, 2.05) is 48.5 Å². The van der Waals surface area contributed by atoms with Gasteiger partial charge in [0.1, 0.15) is 11.6 Å². The Morgan fingerprint density at radius 3 is 2.69 bits per heavy atom. The van der Waals surface area contributed by atoms with Crippen molar-refractivity contribution in [2.45, 2.75) is 38.0 Å². The topological polar surface area (TPSA) is 79.9 Å². The summed E-state index contributed by atoms with van der Waals surface area (Å²) in [6.07, 6.45) is 8.24. The zero-order valence-electron chi connectivity index (χ0n) is 17.9. The smallest absolute Gasteiger partial charge is 0.262 e. The number of carbonyl (C=O) groups excluding carboxylic acids is 1. The molecule has 1 aliphatic carbocycles. The summed E-state index contributed by atoms with van der Waals surface area (Å²) in [6.45, 7) is -0.0401. The quantitative estimate of drug-likeness (QED) is 0.415. The van der Waals surface area contributed by atoms with E-state index in [1.54, 1.807) is 6.20 Å². The maximum absolute atomic E-state index is 12.4. The van der Waals surface area contributed by atoms with E-state index >= 15 is 0 Å². The van der Waals surface area contributed by atoms with Crippen LogP contribution in [0.2, 0.25) is 0 Å².